The number of fused-ring (bicyclic) bond motifs is 2. The summed E-state index contributed by atoms with van der Waals surface area (Å²) in [5.74, 6) is 2.20. The molecule has 134 valence electrons. The fourth-order valence-corrected chi connectivity index (χ4v) is 2.64. The molecule has 0 saturated carbocycles. The lowest BCUT2D eigenvalue weighted by Crippen LogP contribution is -2.25. The number of carbonyl (C=O) groups excluding carboxylic acids is 1. The molecule has 0 unspecified atom stereocenters. The number of nitrogens with zero attached hydrogens (tertiary/aromatic N) is 1. The smallest absolute Gasteiger partial charge is 0.259 e. The fourth-order valence-electron chi connectivity index (χ4n) is 2.43. The predicted molar refractivity (Wildman–Crippen MR) is 94.4 cm³/mol. The Morgan fingerprint density at radius 3 is 2.54 bits per heavy atom. The Balaban J connectivity index is 1.31. The van der Waals surface area contributed by atoms with Gasteiger partial charge in [-0.1, -0.05) is 11.6 Å². The van der Waals surface area contributed by atoms with Gasteiger partial charge in [0.25, 0.3) is 5.91 Å². The summed E-state index contributed by atoms with van der Waals surface area (Å²) >= 11 is 6.14. The summed E-state index contributed by atoms with van der Waals surface area (Å²) in [6, 6.07) is 8.70. The van der Waals surface area contributed by atoms with E-state index in [4.69, 9.17) is 30.5 Å². The van der Waals surface area contributed by atoms with Gasteiger partial charge in [-0.25, -0.2) is 5.43 Å². The van der Waals surface area contributed by atoms with Crippen LogP contribution in [0, 0.1) is 0 Å². The average molecular weight is 376 g/mol. The molecule has 8 nitrogen and oxygen atoms in total. The second-order valence-electron chi connectivity index (χ2n) is 5.44. The third kappa shape index (κ3) is 3.45. The molecular formula is C17H14ClN3O5. The van der Waals surface area contributed by atoms with Crippen molar-refractivity contribution in [3.05, 3.63) is 40.9 Å². The molecule has 2 aromatic rings. The number of carbonyl (C=O) groups is 1. The van der Waals surface area contributed by atoms with Crippen molar-refractivity contribution in [3.63, 3.8) is 0 Å². The number of nitrogens with one attached hydrogen (secondary N) is 2. The molecule has 0 aromatic heterocycles. The molecule has 0 radical (unpaired) electrons. The summed E-state index contributed by atoms with van der Waals surface area (Å²) in [6.45, 7) is 0.413. The number of hydrogen-bond acceptors (Lipinski definition) is 7. The number of halogens is 1. The summed E-state index contributed by atoms with van der Waals surface area (Å²) < 4.78 is 21.0. The van der Waals surface area contributed by atoms with Gasteiger partial charge in [0.1, 0.15) is 0 Å². The van der Waals surface area contributed by atoms with E-state index in [-0.39, 0.29) is 26.0 Å². The highest BCUT2D eigenvalue weighted by Crippen LogP contribution is 2.36. The molecule has 2 aliphatic heterocycles. The van der Waals surface area contributed by atoms with Gasteiger partial charge in [-0.3, -0.25) is 4.79 Å². The SMILES string of the molecule is O=C(CNc1ccc2c(c1)OCO2)N/N=C/c1cc2c(cc1Cl)OCO2. The van der Waals surface area contributed by atoms with Crippen molar-refractivity contribution < 1.29 is 23.7 Å². The van der Waals surface area contributed by atoms with Gasteiger partial charge in [-0.15, -0.1) is 0 Å². The summed E-state index contributed by atoms with van der Waals surface area (Å²) in [5.41, 5.74) is 3.78. The molecule has 2 aromatic carbocycles. The van der Waals surface area contributed by atoms with Crippen LogP contribution in [0.15, 0.2) is 35.4 Å². The van der Waals surface area contributed by atoms with Crippen LogP contribution in [-0.2, 0) is 4.79 Å². The monoisotopic (exact) mass is 375 g/mol. The first-order valence-electron chi connectivity index (χ1n) is 7.73. The van der Waals surface area contributed by atoms with Crippen LogP contribution in [0.3, 0.4) is 0 Å². The van der Waals surface area contributed by atoms with Crippen molar-refractivity contribution in [2.75, 3.05) is 25.4 Å². The van der Waals surface area contributed by atoms with Gasteiger partial charge in [0.2, 0.25) is 13.6 Å². The first-order valence-corrected chi connectivity index (χ1v) is 8.11. The van der Waals surface area contributed by atoms with Crippen molar-refractivity contribution in [1.29, 1.82) is 0 Å². The van der Waals surface area contributed by atoms with Gasteiger partial charge in [0.05, 0.1) is 17.8 Å². The summed E-state index contributed by atoms with van der Waals surface area (Å²) in [6.07, 6.45) is 1.45. The van der Waals surface area contributed by atoms with Crippen molar-refractivity contribution >= 4 is 29.4 Å². The lowest BCUT2D eigenvalue weighted by atomic mass is 10.2. The minimum Gasteiger partial charge on any atom is -0.454 e. The van der Waals surface area contributed by atoms with E-state index >= 15 is 0 Å². The van der Waals surface area contributed by atoms with Crippen molar-refractivity contribution in [2.24, 2.45) is 5.10 Å². The van der Waals surface area contributed by atoms with Crippen molar-refractivity contribution in [1.82, 2.24) is 5.43 Å². The van der Waals surface area contributed by atoms with Gasteiger partial charge >= 0.3 is 0 Å². The molecular weight excluding hydrogens is 362 g/mol. The Morgan fingerprint density at radius 1 is 1.04 bits per heavy atom. The van der Waals surface area contributed by atoms with E-state index in [1.54, 1.807) is 30.3 Å². The highest BCUT2D eigenvalue weighted by molar-refractivity contribution is 6.33. The van der Waals surface area contributed by atoms with Crippen LogP contribution in [0.5, 0.6) is 23.0 Å². The minimum atomic E-state index is -0.309. The lowest BCUT2D eigenvalue weighted by Gasteiger charge is -2.06. The van der Waals surface area contributed by atoms with Gasteiger partial charge in [-0.05, 0) is 18.2 Å². The summed E-state index contributed by atoms with van der Waals surface area (Å²) in [5, 5.41) is 7.34. The standard InChI is InChI=1S/C17H14ClN3O5/c18-12-5-16-14(24-9-26-16)3-10(12)6-20-21-17(22)7-19-11-1-2-13-15(4-11)25-8-23-13/h1-6,19H,7-9H2,(H,21,22)/b20-6+. The van der Waals surface area contributed by atoms with Crippen molar-refractivity contribution in [2.45, 2.75) is 0 Å². The number of anilines is 1. The molecule has 0 spiro atoms. The van der Waals surface area contributed by atoms with Crippen LogP contribution in [0.4, 0.5) is 5.69 Å². The molecule has 26 heavy (non-hydrogen) atoms. The predicted octanol–water partition coefficient (Wildman–Crippen LogP) is 2.36. The van der Waals surface area contributed by atoms with Crippen LogP contribution in [0.25, 0.3) is 0 Å². The van der Waals surface area contributed by atoms with E-state index < -0.39 is 0 Å². The number of amides is 1. The fraction of sp³-hybridized carbons (Fsp3) is 0.176. The number of benzene rings is 2. The molecule has 0 bridgehead atoms. The normalized spacial score (nSPS) is 13.9. The van der Waals surface area contributed by atoms with E-state index in [9.17, 15) is 4.79 Å². The van der Waals surface area contributed by atoms with Gasteiger partial charge in [0, 0.05) is 23.4 Å². The Kier molecular flexibility index (Phi) is 4.40. The molecule has 0 aliphatic carbocycles. The first-order chi connectivity index (χ1) is 12.7. The Hall–Kier alpha value is -3.13. The van der Waals surface area contributed by atoms with Crippen LogP contribution in [0.1, 0.15) is 5.56 Å². The Labute approximate surface area is 153 Å². The van der Waals surface area contributed by atoms with Gasteiger partial charge in [0.15, 0.2) is 23.0 Å². The van der Waals surface area contributed by atoms with Crippen molar-refractivity contribution in [3.8, 4) is 23.0 Å². The maximum absolute atomic E-state index is 11.9. The van der Waals surface area contributed by atoms with Crippen LogP contribution < -0.4 is 29.7 Å². The lowest BCUT2D eigenvalue weighted by molar-refractivity contribution is -0.119. The quantitative estimate of drug-likeness (QED) is 0.616. The zero-order valence-corrected chi connectivity index (χ0v) is 14.2. The van der Waals surface area contributed by atoms with Gasteiger partial charge < -0.3 is 24.3 Å². The zero-order valence-electron chi connectivity index (χ0n) is 13.5. The number of hydrazone groups is 1. The Bertz CT molecular complexity index is 887. The highest BCUT2D eigenvalue weighted by atomic mass is 35.5. The highest BCUT2D eigenvalue weighted by Gasteiger charge is 2.16. The molecule has 0 fully saturated rings. The van der Waals surface area contributed by atoms with E-state index in [1.165, 1.54) is 6.21 Å². The Morgan fingerprint density at radius 2 is 1.73 bits per heavy atom. The zero-order chi connectivity index (χ0) is 17.9. The number of ether oxygens (including phenoxy) is 4. The van der Waals surface area contributed by atoms with Crippen LogP contribution in [-0.4, -0.2) is 32.3 Å². The second kappa shape index (κ2) is 7.01. The summed E-state index contributed by atoms with van der Waals surface area (Å²) in [4.78, 5) is 11.9. The van der Waals surface area contributed by atoms with E-state index in [0.717, 1.165) is 5.69 Å². The average Bonchev–Trinajstić information content (AvgIpc) is 3.28. The molecule has 2 aliphatic rings. The second-order valence-corrected chi connectivity index (χ2v) is 5.85. The molecule has 0 atom stereocenters. The molecule has 4 rings (SSSR count). The third-order valence-corrected chi connectivity index (χ3v) is 4.04. The van der Waals surface area contributed by atoms with Crippen LogP contribution in [0.2, 0.25) is 5.02 Å². The summed E-state index contributed by atoms with van der Waals surface area (Å²) in [7, 11) is 0. The van der Waals surface area contributed by atoms with E-state index in [0.29, 0.717) is 33.6 Å². The number of rotatable bonds is 5. The van der Waals surface area contributed by atoms with E-state index in [1.807, 2.05) is 0 Å². The van der Waals surface area contributed by atoms with Gasteiger partial charge in [-0.2, -0.15) is 5.10 Å². The molecule has 1 amide bonds. The maximum atomic E-state index is 11.9. The number of hydrogen-bond donors (Lipinski definition) is 2. The van der Waals surface area contributed by atoms with Crippen LogP contribution >= 0.6 is 11.6 Å². The molecule has 0 saturated heterocycles. The first kappa shape index (κ1) is 16.3. The largest absolute Gasteiger partial charge is 0.454 e. The van der Waals surface area contributed by atoms with E-state index in [2.05, 4.69) is 15.8 Å². The molecule has 2 heterocycles. The minimum absolute atomic E-state index is 0.0475. The topological polar surface area (TPSA) is 90.4 Å². The molecule has 2 N–H and O–H groups in total. The third-order valence-electron chi connectivity index (χ3n) is 3.71. The molecule has 9 heteroatoms. The maximum Gasteiger partial charge on any atom is 0.259 e.